The SMILES string of the molecule is C=CCN1CCC(NC(=NC)NCCCCCN2CCCCC2)CC1. The van der Waals surface area contributed by atoms with Crippen molar-refractivity contribution in [3.8, 4) is 0 Å². The van der Waals surface area contributed by atoms with Gasteiger partial charge in [0.05, 0.1) is 0 Å². The van der Waals surface area contributed by atoms with E-state index < -0.39 is 0 Å². The van der Waals surface area contributed by atoms with E-state index in [2.05, 4.69) is 32.0 Å². The summed E-state index contributed by atoms with van der Waals surface area (Å²) in [6, 6.07) is 0.548. The number of nitrogens with zero attached hydrogens (tertiary/aromatic N) is 3. The topological polar surface area (TPSA) is 42.9 Å². The first-order valence-corrected chi connectivity index (χ1v) is 10.3. The van der Waals surface area contributed by atoms with E-state index in [0.717, 1.165) is 32.1 Å². The van der Waals surface area contributed by atoms with Gasteiger partial charge in [0, 0.05) is 39.3 Å². The molecular weight excluding hydrogens is 310 g/mol. The first-order chi connectivity index (χ1) is 12.3. The molecule has 0 aliphatic carbocycles. The van der Waals surface area contributed by atoms with Crippen molar-refractivity contribution in [3.63, 3.8) is 0 Å². The summed E-state index contributed by atoms with van der Waals surface area (Å²) in [6.45, 7) is 12.1. The van der Waals surface area contributed by atoms with Crippen molar-refractivity contribution in [1.82, 2.24) is 20.4 Å². The molecule has 0 amide bonds. The molecule has 2 rings (SSSR count). The second-order valence-corrected chi connectivity index (χ2v) is 7.47. The number of guanidine groups is 1. The number of likely N-dealkylation sites (tertiary alicyclic amines) is 2. The van der Waals surface area contributed by atoms with Crippen molar-refractivity contribution in [1.29, 1.82) is 0 Å². The van der Waals surface area contributed by atoms with Crippen LogP contribution in [0.25, 0.3) is 0 Å². The summed E-state index contributed by atoms with van der Waals surface area (Å²) in [5.74, 6) is 0.971. The van der Waals surface area contributed by atoms with Crippen LogP contribution in [0.2, 0.25) is 0 Å². The second-order valence-electron chi connectivity index (χ2n) is 7.47. The van der Waals surface area contributed by atoms with E-state index in [1.807, 2.05) is 13.1 Å². The zero-order valence-corrected chi connectivity index (χ0v) is 16.3. The van der Waals surface area contributed by atoms with Crippen LogP contribution >= 0.6 is 0 Å². The van der Waals surface area contributed by atoms with Gasteiger partial charge in [-0.3, -0.25) is 9.89 Å². The molecule has 0 atom stereocenters. The fraction of sp³-hybridized carbons (Fsp3) is 0.850. The van der Waals surface area contributed by atoms with Crippen molar-refractivity contribution in [2.24, 2.45) is 4.99 Å². The molecule has 2 saturated heterocycles. The first-order valence-electron chi connectivity index (χ1n) is 10.3. The lowest BCUT2D eigenvalue weighted by Crippen LogP contribution is -2.48. The molecule has 0 aromatic carbocycles. The lowest BCUT2D eigenvalue weighted by Gasteiger charge is -2.32. The Hall–Kier alpha value is -1.07. The molecule has 2 heterocycles. The summed E-state index contributed by atoms with van der Waals surface area (Å²) >= 11 is 0. The highest BCUT2D eigenvalue weighted by Gasteiger charge is 2.18. The van der Waals surface area contributed by atoms with Gasteiger partial charge in [0.2, 0.25) is 0 Å². The van der Waals surface area contributed by atoms with E-state index in [0.29, 0.717) is 6.04 Å². The van der Waals surface area contributed by atoms with E-state index in [-0.39, 0.29) is 0 Å². The fourth-order valence-electron chi connectivity index (χ4n) is 3.86. The van der Waals surface area contributed by atoms with Gasteiger partial charge in [-0.1, -0.05) is 18.9 Å². The van der Waals surface area contributed by atoms with Crippen molar-refractivity contribution in [2.75, 3.05) is 52.9 Å². The second kappa shape index (κ2) is 12.3. The smallest absolute Gasteiger partial charge is 0.191 e. The average Bonchev–Trinajstić information content (AvgIpc) is 2.66. The minimum Gasteiger partial charge on any atom is -0.356 e. The summed E-state index contributed by atoms with van der Waals surface area (Å²) in [5, 5.41) is 7.08. The van der Waals surface area contributed by atoms with Crippen molar-refractivity contribution in [3.05, 3.63) is 12.7 Å². The number of aliphatic imine (C=N–C) groups is 1. The van der Waals surface area contributed by atoms with E-state index in [1.54, 1.807) is 0 Å². The molecule has 2 aliphatic rings. The van der Waals surface area contributed by atoms with Crippen LogP contribution in [-0.2, 0) is 0 Å². The van der Waals surface area contributed by atoms with Crippen molar-refractivity contribution < 1.29 is 0 Å². The van der Waals surface area contributed by atoms with Gasteiger partial charge in [-0.05, 0) is 58.2 Å². The molecule has 0 aromatic rings. The number of hydrogen-bond donors (Lipinski definition) is 2. The molecule has 5 heteroatoms. The third kappa shape index (κ3) is 8.23. The highest BCUT2D eigenvalue weighted by atomic mass is 15.2. The number of rotatable bonds is 9. The van der Waals surface area contributed by atoms with E-state index in [1.165, 1.54) is 71.0 Å². The Kier molecular flexibility index (Phi) is 9.97. The van der Waals surface area contributed by atoms with Crippen molar-refractivity contribution in [2.45, 2.75) is 57.4 Å². The number of piperidine rings is 2. The predicted octanol–water partition coefficient (Wildman–Crippen LogP) is 2.46. The van der Waals surface area contributed by atoms with Gasteiger partial charge < -0.3 is 15.5 Å². The zero-order valence-electron chi connectivity index (χ0n) is 16.3. The van der Waals surface area contributed by atoms with Crippen LogP contribution in [0.5, 0.6) is 0 Å². The number of unbranched alkanes of at least 4 members (excludes halogenated alkanes) is 2. The molecule has 5 nitrogen and oxygen atoms in total. The van der Waals surface area contributed by atoms with Gasteiger partial charge in [-0.25, -0.2) is 0 Å². The summed E-state index contributed by atoms with van der Waals surface area (Å²) in [7, 11) is 1.87. The molecule has 0 unspecified atom stereocenters. The largest absolute Gasteiger partial charge is 0.356 e. The predicted molar refractivity (Wildman–Crippen MR) is 108 cm³/mol. The van der Waals surface area contributed by atoms with Crippen molar-refractivity contribution >= 4 is 5.96 Å². The molecule has 0 radical (unpaired) electrons. The third-order valence-corrected chi connectivity index (χ3v) is 5.43. The molecule has 0 spiro atoms. The minimum absolute atomic E-state index is 0.548. The Labute approximate surface area is 154 Å². The molecular formula is C20H39N5. The zero-order chi connectivity index (χ0) is 17.7. The monoisotopic (exact) mass is 349 g/mol. The van der Waals surface area contributed by atoms with E-state index in [4.69, 9.17) is 0 Å². The highest BCUT2D eigenvalue weighted by molar-refractivity contribution is 5.79. The lowest BCUT2D eigenvalue weighted by molar-refractivity contribution is 0.224. The van der Waals surface area contributed by atoms with Crippen LogP contribution in [0.1, 0.15) is 51.4 Å². The van der Waals surface area contributed by atoms with Gasteiger partial charge in [0.15, 0.2) is 5.96 Å². The van der Waals surface area contributed by atoms with Gasteiger partial charge in [0.25, 0.3) is 0 Å². The molecule has 0 aromatic heterocycles. The Morgan fingerprint density at radius 3 is 2.48 bits per heavy atom. The van der Waals surface area contributed by atoms with Crippen LogP contribution in [-0.4, -0.2) is 74.7 Å². The van der Waals surface area contributed by atoms with Crippen LogP contribution in [0.15, 0.2) is 17.6 Å². The molecule has 2 fully saturated rings. The summed E-state index contributed by atoms with van der Waals surface area (Å²) in [5.41, 5.74) is 0. The Bertz CT molecular complexity index is 382. The summed E-state index contributed by atoms with van der Waals surface area (Å²) in [4.78, 5) is 9.48. The number of nitrogens with one attached hydrogen (secondary N) is 2. The fourth-order valence-corrected chi connectivity index (χ4v) is 3.86. The highest BCUT2D eigenvalue weighted by Crippen LogP contribution is 2.11. The molecule has 0 saturated carbocycles. The maximum Gasteiger partial charge on any atom is 0.191 e. The molecule has 2 N–H and O–H groups in total. The van der Waals surface area contributed by atoms with Gasteiger partial charge in [-0.2, -0.15) is 0 Å². The summed E-state index contributed by atoms with van der Waals surface area (Å²) in [6.07, 6.45) is 12.5. The molecule has 144 valence electrons. The average molecular weight is 350 g/mol. The standard InChI is InChI=1S/C20H39N5/c1-3-13-24-17-10-19(11-18-24)23-20(21-2)22-12-6-4-7-14-25-15-8-5-9-16-25/h3,19H,1,4-18H2,2H3,(H2,21,22,23). The van der Waals surface area contributed by atoms with Gasteiger partial charge in [-0.15, -0.1) is 6.58 Å². The van der Waals surface area contributed by atoms with Crippen LogP contribution in [0.4, 0.5) is 0 Å². The Morgan fingerprint density at radius 1 is 1.04 bits per heavy atom. The van der Waals surface area contributed by atoms with Crippen LogP contribution in [0, 0.1) is 0 Å². The maximum atomic E-state index is 4.39. The Morgan fingerprint density at radius 2 is 1.80 bits per heavy atom. The van der Waals surface area contributed by atoms with E-state index in [9.17, 15) is 0 Å². The lowest BCUT2D eigenvalue weighted by atomic mass is 10.1. The quantitative estimate of drug-likeness (QED) is 0.290. The molecule has 25 heavy (non-hydrogen) atoms. The molecule has 2 aliphatic heterocycles. The van der Waals surface area contributed by atoms with Gasteiger partial charge >= 0.3 is 0 Å². The summed E-state index contributed by atoms with van der Waals surface area (Å²) < 4.78 is 0. The van der Waals surface area contributed by atoms with E-state index >= 15 is 0 Å². The normalized spacial score (nSPS) is 21.2. The molecule has 0 bridgehead atoms. The maximum absolute atomic E-state index is 4.39. The first kappa shape index (κ1) is 20.2. The van der Waals surface area contributed by atoms with Crippen LogP contribution < -0.4 is 10.6 Å². The van der Waals surface area contributed by atoms with Gasteiger partial charge in [0.1, 0.15) is 0 Å². The van der Waals surface area contributed by atoms with Crippen LogP contribution in [0.3, 0.4) is 0 Å². The third-order valence-electron chi connectivity index (χ3n) is 5.43. The number of hydrogen-bond acceptors (Lipinski definition) is 3. The Balaban J connectivity index is 1.50. The minimum atomic E-state index is 0.548.